The second-order valence-electron chi connectivity index (χ2n) is 10.3. The van der Waals surface area contributed by atoms with E-state index in [1.807, 2.05) is 0 Å². The molecule has 4 fully saturated rings. The van der Waals surface area contributed by atoms with Gasteiger partial charge in [0, 0.05) is 5.92 Å². The SMILES string of the molecule is CC1CCC2(C)C(CCC3C2CCC2(C)C3CC[C@@H]2C(=O)CBr)C1. The lowest BCUT2D eigenvalue weighted by Gasteiger charge is -2.61. The van der Waals surface area contributed by atoms with Crippen LogP contribution in [0, 0.1) is 46.3 Å². The summed E-state index contributed by atoms with van der Waals surface area (Å²) in [7, 11) is 0. The maximum Gasteiger partial charge on any atom is 0.147 e. The molecule has 7 unspecified atom stereocenters. The van der Waals surface area contributed by atoms with Gasteiger partial charge in [-0.2, -0.15) is 0 Å². The van der Waals surface area contributed by atoms with Crippen LogP contribution in [0.2, 0.25) is 0 Å². The Morgan fingerprint density at radius 1 is 0.958 bits per heavy atom. The maximum absolute atomic E-state index is 12.5. The Morgan fingerprint density at radius 2 is 1.67 bits per heavy atom. The first kappa shape index (κ1) is 17.6. The summed E-state index contributed by atoms with van der Waals surface area (Å²) < 4.78 is 0. The third-order valence-electron chi connectivity index (χ3n) is 9.45. The Kier molecular flexibility index (Phi) is 4.46. The first-order valence-corrected chi connectivity index (χ1v) is 11.6. The Balaban J connectivity index is 1.60. The average molecular weight is 395 g/mol. The van der Waals surface area contributed by atoms with Crippen LogP contribution in [0.5, 0.6) is 0 Å². The van der Waals surface area contributed by atoms with Crippen LogP contribution in [0.1, 0.15) is 78.6 Å². The van der Waals surface area contributed by atoms with Crippen LogP contribution in [0.25, 0.3) is 0 Å². The van der Waals surface area contributed by atoms with Crippen molar-refractivity contribution in [1.82, 2.24) is 0 Å². The number of rotatable bonds is 2. The molecular weight excluding hydrogens is 360 g/mol. The largest absolute Gasteiger partial charge is 0.298 e. The monoisotopic (exact) mass is 394 g/mol. The van der Waals surface area contributed by atoms with E-state index in [0.717, 1.165) is 36.0 Å². The van der Waals surface area contributed by atoms with E-state index in [-0.39, 0.29) is 0 Å². The summed E-state index contributed by atoms with van der Waals surface area (Å²) in [6, 6.07) is 0. The first-order valence-electron chi connectivity index (χ1n) is 10.5. The van der Waals surface area contributed by atoms with Crippen molar-refractivity contribution in [2.24, 2.45) is 46.3 Å². The molecule has 4 saturated carbocycles. The van der Waals surface area contributed by atoms with Crippen molar-refractivity contribution in [3.05, 3.63) is 0 Å². The molecule has 8 atom stereocenters. The lowest BCUT2D eigenvalue weighted by molar-refractivity contribution is -0.134. The van der Waals surface area contributed by atoms with Gasteiger partial charge < -0.3 is 0 Å². The standard InChI is InChI=1S/C22H35BrO/c1-14-8-10-21(2)15(12-14)4-5-16-17-6-7-19(20(24)13-23)22(17,3)11-9-18(16)21/h14-19H,4-13H2,1-3H3/t14?,15?,16?,17?,18?,19-,21?,22?/m1/s1. The molecule has 0 aliphatic heterocycles. The van der Waals surface area contributed by atoms with Crippen LogP contribution < -0.4 is 0 Å². The van der Waals surface area contributed by atoms with Gasteiger partial charge in [-0.3, -0.25) is 4.79 Å². The Bertz CT molecular complexity index is 516. The number of hydrogen-bond acceptors (Lipinski definition) is 1. The van der Waals surface area contributed by atoms with Crippen LogP contribution in [0.3, 0.4) is 0 Å². The lowest BCUT2D eigenvalue weighted by atomic mass is 9.44. The maximum atomic E-state index is 12.5. The van der Waals surface area contributed by atoms with E-state index in [1.54, 1.807) is 0 Å². The molecule has 136 valence electrons. The zero-order valence-corrected chi connectivity index (χ0v) is 17.4. The smallest absolute Gasteiger partial charge is 0.147 e. The first-order chi connectivity index (χ1) is 11.4. The van der Waals surface area contributed by atoms with Crippen molar-refractivity contribution >= 4 is 21.7 Å². The molecule has 0 amide bonds. The highest BCUT2D eigenvalue weighted by Crippen LogP contribution is 2.67. The molecule has 0 bridgehead atoms. The minimum atomic E-state index is 0.303. The van der Waals surface area contributed by atoms with Crippen LogP contribution in [-0.2, 0) is 4.79 Å². The number of fused-ring (bicyclic) bond motifs is 5. The third-order valence-corrected chi connectivity index (χ3v) is 10.0. The van der Waals surface area contributed by atoms with Crippen molar-refractivity contribution in [2.45, 2.75) is 78.6 Å². The summed E-state index contributed by atoms with van der Waals surface area (Å²) in [5, 5.41) is 0.561. The molecule has 4 aliphatic rings. The minimum absolute atomic E-state index is 0.303. The molecule has 0 aromatic rings. The number of Topliss-reactive ketones (excluding diaryl/α,β-unsaturated/α-hetero) is 1. The molecule has 0 heterocycles. The Hall–Kier alpha value is 0.150. The van der Waals surface area contributed by atoms with Crippen LogP contribution >= 0.6 is 15.9 Å². The van der Waals surface area contributed by atoms with Gasteiger partial charge >= 0.3 is 0 Å². The summed E-state index contributed by atoms with van der Waals surface area (Å²) in [4.78, 5) is 12.5. The van der Waals surface area contributed by atoms with Gasteiger partial charge in [-0.25, -0.2) is 0 Å². The molecule has 0 saturated heterocycles. The molecule has 0 N–H and O–H groups in total. The number of carbonyl (C=O) groups is 1. The second kappa shape index (κ2) is 6.10. The van der Waals surface area contributed by atoms with Gasteiger partial charge in [0.05, 0.1) is 5.33 Å². The van der Waals surface area contributed by atoms with Crippen LogP contribution in [0.4, 0.5) is 0 Å². The van der Waals surface area contributed by atoms with Gasteiger partial charge in [0.15, 0.2) is 0 Å². The summed E-state index contributed by atoms with van der Waals surface area (Å²) >= 11 is 3.44. The predicted molar refractivity (Wildman–Crippen MR) is 103 cm³/mol. The highest BCUT2D eigenvalue weighted by atomic mass is 79.9. The van der Waals surface area contributed by atoms with Crippen molar-refractivity contribution in [2.75, 3.05) is 5.33 Å². The second-order valence-corrected chi connectivity index (χ2v) is 10.9. The van der Waals surface area contributed by atoms with Crippen molar-refractivity contribution in [3.63, 3.8) is 0 Å². The summed E-state index contributed by atoms with van der Waals surface area (Å²) in [6.45, 7) is 7.60. The highest BCUT2D eigenvalue weighted by molar-refractivity contribution is 9.09. The zero-order valence-electron chi connectivity index (χ0n) is 15.8. The third kappa shape index (κ3) is 2.41. The molecule has 0 aromatic carbocycles. The molecule has 1 nitrogen and oxygen atoms in total. The molecule has 4 rings (SSSR count). The Labute approximate surface area is 156 Å². The molecule has 2 heteroatoms. The highest BCUT2D eigenvalue weighted by Gasteiger charge is 2.60. The zero-order chi connectivity index (χ0) is 17.1. The van der Waals surface area contributed by atoms with Crippen molar-refractivity contribution < 1.29 is 4.79 Å². The van der Waals surface area contributed by atoms with E-state index >= 15 is 0 Å². The quantitative estimate of drug-likeness (QED) is 0.506. The number of hydrogen-bond donors (Lipinski definition) is 0. The fraction of sp³-hybridized carbons (Fsp3) is 0.955. The van der Waals surface area contributed by atoms with Gasteiger partial charge in [0.1, 0.15) is 5.78 Å². The number of carbonyl (C=O) groups excluding carboxylic acids is 1. The lowest BCUT2D eigenvalue weighted by Crippen LogP contribution is -2.53. The molecule has 0 aromatic heterocycles. The molecule has 4 aliphatic carbocycles. The summed E-state index contributed by atoms with van der Waals surface area (Å²) in [6.07, 6.45) is 12.5. The average Bonchev–Trinajstić information content (AvgIpc) is 2.92. The normalized spacial score (nSPS) is 53.8. The molecule has 0 spiro atoms. The van der Waals surface area contributed by atoms with Gasteiger partial charge in [-0.05, 0) is 91.8 Å². The molecule has 0 radical (unpaired) electrons. The topological polar surface area (TPSA) is 17.1 Å². The summed E-state index contributed by atoms with van der Waals surface area (Å²) in [5.41, 5.74) is 0.908. The number of alkyl halides is 1. The fourth-order valence-electron chi connectivity index (χ4n) is 8.09. The van der Waals surface area contributed by atoms with Crippen molar-refractivity contribution in [1.29, 1.82) is 0 Å². The van der Waals surface area contributed by atoms with Gasteiger partial charge in [-0.15, -0.1) is 0 Å². The van der Waals surface area contributed by atoms with Gasteiger partial charge in [0.2, 0.25) is 0 Å². The van der Waals surface area contributed by atoms with E-state index in [1.165, 1.54) is 51.4 Å². The van der Waals surface area contributed by atoms with E-state index in [0.29, 0.717) is 27.9 Å². The van der Waals surface area contributed by atoms with Gasteiger partial charge in [0.25, 0.3) is 0 Å². The number of halogens is 1. The molecular formula is C22H35BrO. The number of ketones is 1. The summed E-state index contributed by atoms with van der Waals surface area (Å²) in [5.74, 6) is 5.41. The van der Waals surface area contributed by atoms with E-state index < -0.39 is 0 Å². The van der Waals surface area contributed by atoms with E-state index in [9.17, 15) is 4.79 Å². The van der Waals surface area contributed by atoms with E-state index in [4.69, 9.17) is 0 Å². The predicted octanol–water partition coefficient (Wildman–Crippen LogP) is 6.25. The van der Waals surface area contributed by atoms with Crippen molar-refractivity contribution in [3.8, 4) is 0 Å². The molecule has 24 heavy (non-hydrogen) atoms. The van der Waals surface area contributed by atoms with Gasteiger partial charge in [-0.1, -0.05) is 43.1 Å². The minimum Gasteiger partial charge on any atom is -0.298 e. The fourth-order valence-corrected chi connectivity index (χ4v) is 8.49. The van der Waals surface area contributed by atoms with E-state index in [2.05, 4.69) is 36.7 Å². The Morgan fingerprint density at radius 3 is 2.42 bits per heavy atom. The van der Waals surface area contributed by atoms with Crippen LogP contribution in [-0.4, -0.2) is 11.1 Å². The van der Waals surface area contributed by atoms with Crippen LogP contribution in [0.15, 0.2) is 0 Å².